The first-order chi connectivity index (χ1) is 2.56. The predicted molar refractivity (Wildman–Crippen MR) is 29.3 cm³/mol. The summed E-state index contributed by atoms with van der Waals surface area (Å²) in [5.74, 6) is 0. The van der Waals surface area contributed by atoms with Crippen LogP contribution in [0, 0.1) is 0 Å². The van der Waals surface area contributed by atoms with Crippen LogP contribution in [0.15, 0.2) is 0 Å². The monoisotopic (exact) mass is 194 g/mol. The Labute approximate surface area is 53.7 Å². The van der Waals surface area contributed by atoms with E-state index in [1.807, 2.05) is 0 Å². The minimum atomic E-state index is -1.37. The van der Waals surface area contributed by atoms with Crippen LogP contribution in [0.4, 0.5) is 4.39 Å². The maximum absolute atomic E-state index is 11.2. The van der Waals surface area contributed by atoms with Gasteiger partial charge in [0.2, 0.25) is 0 Å². The molecule has 0 nitrogen and oxygen atoms in total. The highest BCUT2D eigenvalue weighted by atomic mass is 79.9. The van der Waals surface area contributed by atoms with E-state index in [9.17, 15) is 4.39 Å². The van der Waals surface area contributed by atoms with Crippen molar-refractivity contribution in [2.75, 3.05) is 6.67 Å². The van der Waals surface area contributed by atoms with Crippen molar-refractivity contribution in [1.29, 1.82) is 0 Å². The van der Waals surface area contributed by atoms with Gasteiger partial charge in [-0.15, -0.1) is 0 Å². The Kier molecular flexibility index (Phi) is 2.72. The molecule has 0 heterocycles. The second kappa shape index (κ2) is 2.34. The Hall–Kier alpha value is 0.990. The van der Waals surface area contributed by atoms with E-state index in [-0.39, 0.29) is 0 Å². The maximum Gasteiger partial charge on any atom is 0.200 e. The van der Waals surface area contributed by atoms with E-state index in [4.69, 9.17) is 23.2 Å². The van der Waals surface area contributed by atoms with Crippen molar-refractivity contribution in [3.63, 3.8) is 0 Å². The lowest BCUT2D eigenvalue weighted by atomic mass is 10.9. The summed E-state index contributed by atoms with van der Waals surface area (Å²) in [4.78, 5) is 0. The Morgan fingerprint density at radius 3 is 1.83 bits per heavy atom. The zero-order valence-electron chi connectivity index (χ0n) is 2.72. The molecule has 0 aliphatic carbocycles. The summed E-state index contributed by atoms with van der Waals surface area (Å²) < 4.78 is 9.82. The van der Waals surface area contributed by atoms with Crippen molar-refractivity contribution < 1.29 is 4.39 Å². The van der Waals surface area contributed by atoms with Gasteiger partial charge in [-0.3, -0.25) is 0 Å². The summed E-state index contributed by atoms with van der Waals surface area (Å²) in [5.41, 5.74) is 0. The molecule has 38 valence electrons. The van der Waals surface area contributed by atoms with Gasteiger partial charge in [-0.05, 0) is 15.9 Å². The van der Waals surface area contributed by atoms with Gasteiger partial charge in [0.05, 0.1) is 0 Å². The SMILES string of the molecule is FCC(Cl)(Cl)Br. The topological polar surface area (TPSA) is 0 Å². The van der Waals surface area contributed by atoms with Gasteiger partial charge < -0.3 is 0 Å². The lowest BCUT2D eigenvalue weighted by molar-refractivity contribution is 0.508. The average molecular weight is 196 g/mol. The number of halogens is 4. The minimum Gasteiger partial charge on any atom is -0.247 e. The highest BCUT2D eigenvalue weighted by Crippen LogP contribution is 2.28. The van der Waals surface area contributed by atoms with E-state index in [2.05, 4.69) is 15.9 Å². The molecule has 0 aromatic carbocycles. The third-order valence-corrected chi connectivity index (χ3v) is 0.565. The van der Waals surface area contributed by atoms with Crippen LogP contribution < -0.4 is 0 Å². The van der Waals surface area contributed by atoms with Crippen molar-refractivity contribution in [1.82, 2.24) is 0 Å². The number of hydrogen-bond donors (Lipinski definition) is 0. The molecule has 0 bridgehead atoms. The molecule has 0 aromatic heterocycles. The molecule has 0 saturated heterocycles. The molecule has 0 saturated carbocycles. The largest absolute Gasteiger partial charge is 0.247 e. The van der Waals surface area contributed by atoms with Gasteiger partial charge in [0.25, 0.3) is 0 Å². The van der Waals surface area contributed by atoms with Gasteiger partial charge in [-0.2, -0.15) is 0 Å². The minimum absolute atomic E-state index is 0.782. The van der Waals surface area contributed by atoms with Crippen molar-refractivity contribution in [3.05, 3.63) is 0 Å². The molecule has 0 aromatic rings. The van der Waals surface area contributed by atoms with E-state index >= 15 is 0 Å². The zero-order valence-corrected chi connectivity index (χ0v) is 5.82. The van der Waals surface area contributed by atoms with Gasteiger partial charge in [-0.25, -0.2) is 4.39 Å². The van der Waals surface area contributed by atoms with Crippen LogP contribution in [0.5, 0.6) is 0 Å². The lowest BCUT2D eigenvalue weighted by Gasteiger charge is -2.00. The fraction of sp³-hybridized carbons (Fsp3) is 1.00. The molecule has 0 unspecified atom stereocenters. The fourth-order valence-corrected chi connectivity index (χ4v) is 0. The number of hydrogen-bond acceptors (Lipinski definition) is 0. The molecule has 0 aliphatic rings. The second-order valence-corrected chi connectivity index (χ2v) is 4.50. The highest BCUT2D eigenvalue weighted by Gasteiger charge is 2.16. The van der Waals surface area contributed by atoms with Crippen LogP contribution in [-0.4, -0.2) is 9.92 Å². The van der Waals surface area contributed by atoms with E-state index in [0.717, 1.165) is 0 Å². The average Bonchev–Trinajstić information content (AvgIpc) is 1.35. The van der Waals surface area contributed by atoms with Crippen molar-refractivity contribution in [2.24, 2.45) is 0 Å². The van der Waals surface area contributed by atoms with Crippen molar-refractivity contribution >= 4 is 39.1 Å². The molecule has 0 radical (unpaired) electrons. The first-order valence-electron chi connectivity index (χ1n) is 1.19. The highest BCUT2D eigenvalue weighted by molar-refractivity contribution is 9.11. The summed E-state index contributed by atoms with van der Waals surface area (Å²) in [5, 5.41) is 0. The van der Waals surface area contributed by atoms with Gasteiger partial charge in [0.15, 0.2) is 3.24 Å². The Bertz CT molecular complexity index is 41.3. The van der Waals surface area contributed by atoms with Gasteiger partial charge >= 0.3 is 0 Å². The summed E-state index contributed by atoms with van der Waals surface area (Å²) in [6.07, 6.45) is 0. The molecule has 6 heavy (non-hydrogen) atoms. The predicted octanol–water partition coefficient (Wildman–Crippen LogP) is 2.48. The summed E-state index contributed by atoms with van der Waals surface area (Å²) in [7, 11) is 0. The maximum atomic E-state index is 11.2. The van der Waals surface area contributed by atoms with Crippen LogP contribution in [0.25, 0.3) is 0 Å². The van der Waals surface area contributed by atoms with Gasteiger partial charge in [0.1, 0.15) is 6.67 Å². The normalized spacial score (nSPS) is 12.0. The van der Waals surface area contributed by atoms with Crippen LogP contribution in [0.3, 0.4) is 0 Å². The molecular formula is C2H2BrCl2F. The zero-order chi connectivity index (χ0) is 5.21. The van der Waals surface area contributed by atoms with Gasteiger partial charge in [0, 0.05) is 0 Å². The van der Waals surface area contributed by atoms with E-state index in [0.29, 0.717) is 0 Å². The molecule has 0 N–H and O–H groups in total. The summed E-state index contributed by atoms with van der Waals surface area (Å²) in [6.45, 7) is -0.782. The Morgan fingerprint density at radius 1 is 1.67 bits per heavy atom. The molecule has 0 rings (SSSR count). The van der Waals surface area contributed by atoms with E-state index in [1.165, 1.54) is 0 Å². The molecule has 0 aliphatic heterocycles. The van der Waals surface area contributed by atoms with Crippen LogP contribution in [0.1, 0.15) is 0 Å². The van der Waals surface area contributed by atoms with Gasteiger partial charge in [-0.1, -0.05) is 23.2 Å². The Balaban J connectivity index is 3.17. The van der Waals surface area contributed by atoms with Crippen molar-refractivity contribution in [2.45, 2.75) is 3.24 Å². The van der Waals surface area contributed by atoms with Crippen LogP contribution in [0.2, 0.25) is 0 Å². The molecule has 0 atom stereocenters. The smallest absolute Gasteiger partial charge is 0.200 e. The molecule has 0 spiro atoms. The molecule has 4 heteroatoms. The Morgan fingerprint density at radius 2 is 1.83 bits per heavy atom. The van der Waals surface area contributed by atoms with E-state index < -0.39 is 9.92 Å². The third-order valence-electron chi connectivity index (χ3n) is 0.152. The van der Waals surface area contributed by atoms with Crippen LogP contribution >= 0.6 is 39.1 Å². The molecule has 0 fully saturated rings. The second-order valence-electron chi connectivity index (χ2n) is 0.749. The van der Waals surface area contributed by atoms with Crippen LogP contribution in [-0.2, 0) is 0 Å². The summed E-state index contributed by atoms with van der Waals surface area (Å²) >= 11 is 12.7. The molecular weight excluding hydrogens is 194 g/mol. The number of alkyl halides is 4. The first-order valence-corrected chi connectivity index (χ1v) is 2.74. The molecule has 0 amide bonds. The third kappa shape index (κ3) is 4.99. The first kappa shape index (κ1) is 6.99. The number of rotatable bonds is 1. The quantitative estimate of drug-likeness (QED) is 0.565. The van der Waals surface area contributed by atoms with E-state index in [1.54, 1.807) is 0 Å². The summed E-state index contributed by atoms with van der Waals surface area (Å²) in [6, 6.07) is 0. The standard InChI is InChI=1S/C2H2BrCl2F/c3-2(4,5)1-6/h1H2. The fourth-order valence-electron chi connectivity index (χ4n) is 0. The lowest BCUT2D eigenvalue weighted by Crippen LogP contribution is -2.01. The van der Waals surface area contributed by atoms with Crippen molar-refractivity contribution in [3.8, 4) is 0 Å².